The number of nitrogens with one attached hydrogen (secondary N) is 2. The molecule has 0 aromatic carbocycles. The highest BCUT2D eigenvalue weighted by atomic mass is 32.2. The van der Waals surface area contributed by atoms with Crippen molar-refractivity contribution < 1.29 is 8.42 Å². The second-order valence-corrected chi connectivity index (χ2v) is 7.69. The Bertz CT molecular complexity index is 583. The maximum Gasteiger partial charge on any atom is 0.258 e. The van der Waals surface area contributed by atoms with Crippen LogP contribution < -0.4 is 10.0 Å². The van der Waals surface area contributed by atoms with Crippen LogP contribution in [0.3, 0.4) is 0 Å². The first-order valence-electron chi connectivity index (χ1n) is 7.42. The lowest BCUT2D eigenvalue weighted by atomic mass is 10.3. The van der Waals surface area contributed by atoms with Crippen LogP contribution in [0.15, 0.2) is 23.4 Å². The third-order valence-corrected chi connectivity index (χ3v) is 5.39. The minimum atomic E-state index is -3.51. The molecule has 7 heteroatoms. The summed E-state index contributed by atoms with van der Waals surface area (Å²) in [4.78, 5) is 6.22. The summed E-state index contributed by atoms with van der Waals surface area (Å²) < 4.78 is 27.3. The van der Waals surface area contributed by atoms with Crippen LogP contribution >= 0.6 is 0 Å². The maximum absolute atomic E-state index is 12.3. The second-order valence-electron chi connectivity index (χ2n) is 6.03. The van der Waals surface area contributed by atoms with Gasteiger partial charge in [-0.3, -0.25) is 0 Å². The summed E-state index contributed by atoms with van der Waals surface area (Å²) in [7, 11) is -1.52. The Balaban J connectivity index is 1.61. The summed E-state index contributed by atoms with van der Waals surface area (Å²) in [5, 5.41) is 3.49. The Hall–Kier alpha value is -1.02. The molecule has 1 aromatic heterocycles. The summed E-state index contributed by atoms with van der Waals surface area (Å²) in [5.41, 5.74) is 1.02. The highest BCUT2D eigenvalue weighted by Gasteiger charge is 2.26. The molecule has 116 valence electrons. The first-order valence-corrected chi connectivity index (χ1v) is 8.90. The minimum Gasteiger partial charge on any atom is -0.310 e. The van der Waals surface area contributed by atoms with Gasteiger partial charge in [-0.15, -0.1) is 0 Å². The van der Waals surface area contributed by atoms with E-state index in [1.807, 2.05) is 13.1 Å². The zero-order chi connectivity index (χ0) is 14.9. The van der Waals surface area contributed by atoms with Gasteiger partial charge in [0.05, 0.1) is 0 Å². The van der Waals surface area contributed by atoms with Crippen LogP contribution in [-0.2, 0) is 16.6 Å². The number of likely N-dealkylation sites (tertiary alicyclic amines) is 1. The van der Waals surface area contributed by atoms with Gasteiger partial charge in [-0.1, -0.05) is 6.07 Å². The fourth-order valence-corrected chi connectivity index (χ4v) is 3.73. The third kappa shape index (κ3) is 4.00. The molecule has 0 amide bonds. The van der Waals surface area contributed by atoms with Gasteiger partial charge in [-0.2, -0.15) is 0 Å². The SMILES string of the molecule is CN1CCC(NS(=O)(=O)c2ccc(CNC3CC3)cn2)C1. The predicted octanol–water partition coefficient (Wildman–Crippen LogP) is 0.316. The smallest absolute Gasteiger partial charge is 0.258 e. The fourth-order valence-electron chi connectivity index (χ4n) is 2.54. The molecule has 2 heterocycles. The van der Waals surface area contributed by atoms with Gasteiger partial charge in [-0.25, -0.2) is 18.1 Å². The predicted molar refractivity (Wildman–Crippen MR) is 80.3 cm³/mol. The van der Waals surface area contributed by atoms with Gasteiger partial charge in [0.15, 0.2) is 5.03 Å². The van der Waals surface area contributed by atoms with Crippen LogP contribution in [-0.4, -0.2) is 50.5 Å². The largest absolute Gasteiger partial charge is 0.310 e. The van der Waals surface area contributed by atoms with Crippen molar-refractivity contribution in [2.24, 2.45) is 0 Å². The van der Waals surface area contributed by atoms with Gasteiger partial charge in [0.25, 0.3) is 10.0 Å². The first-order chi connectivity index (χ1) is 10.0. The number of hydrogen-bond donors (Lipinski definition) is 2. The van der Waals surface area contributed by atoms with E-state index in [0.717, 1.165) is 31.6 Å². The third-order valence-electron chi connectivity index (χ3n) is 3.96. The Morgan fingerprint density at radius 2 is 2.10 bits per heavy atom. The molecular formula is C14H22N4O2S. The monoisotopic (exact) mass is 310 g/mol. The van der Waals surface area contributed by atoms with E-state index in [4.69, 9.17) is 0 Å². The zero-order valence-electron chi connectivity index (χ0n) is 12.2. The summed E-state index contributed by atoms with van der Waals surface area (Å²) in [6.07, 6.45) is 4.96. The number of likely N-dealkylation sites (N-methyl/N-ethyl adjacent to an activating group) is 1. The molecule has 2 fully saturated rings. The van der Waals surface area contributed by atoms with Crippen molar-refractivity contribution in [3.8, 4) is 0 Å². The molecule has 1 aromatic rings. The van der Waals surface area contributed by atoms with Crippen LogP contribution in [0.4, 0.5) is 0 Å². The van der Waals surface area contributed by atoms with E-state index >= 15 is 0 Å². The molecule has 2 N–H and O–H groups in total. The topological polar surface area (TPSA) is 74.3 Å². The zero-order valence-corrected chi connectivity index (χ0v) is 13.1. The van der Waals surface area contributed by atoms with Gasteiger partial charge in [0.2, 0.25) is 0 Å². The molecule has 0 bridgehead atoms. The number of pyridine rings is 1. The quantitative estimate of drug-likeness (QED) is 0.791. The molecule has 6 nitrogen and oxygen atoms in total. The van der Waals surface area contributed by atoms with Crippen molar-refractivity contribution in [3.05, 3.63) is 23.9 Å². The Kier molecular flexibility index (Phi) is 4.26. The normalized spacial score (nSPS) is 23.6. The molecule has 1 unspecified atom stereocenters. The number of nitrogens with zero attached hydrogens (tertiary/aromatic N) is 2. The number of hydrogen-bond acceptors (Lipinski definition) is 5. The van der Waals surface area contributed by atoms with E-state index in [-0.39, 0.29) is 11.1 Å². The Labute approximate surface area is 126 Å². The fraction of sp³-hybridized carbons (Fsp3) is 0.643. The van der Waals surface area contributed by atoms with E-state index in [0.29, 0.717) is 6.04 Å². The second kappa shape index (κ2) is 6.00. The lowest BCUT2D eigenvalue weighted by molar-refractivity contribution is 0.407. The van der Waals surface area contributed by atoms with E-state index in [2.05, 4.69) is 19.9 Å². The average molecular weight is 310 g/mol. The van der Waals surface area contributed by atoms with Gasteiger partial charge in [-0.05, 0) is 44.5 Å². The lowest BCUT2D eigenvalue weighted by Crippen LogP contribution is -2.36. The van der Waals surface area contributed by atoms with Crippen LogP contribution in [0.2, 0.25) is 0 Å². The lowest BCUT2D eigenvalue weighted by Gasteiger charge is -2.13. The Morgan fingerprint density at radius 1 is 1.29 bits per heavy atom. The van der Waals surface area contributed by atoms with E-state index < -0.39 is 10.0 Å². The van der Waals surface area contributed by atoms with E-state index in [9.17, 15) is 8.42 Å². The highest BCUT2D eigenvalue weighted by Crippen LogP contribution is 2.19. The van der Waals surface area contributed by atoms with Gasteiger partial charge < -0.3 is 10.2 Å². The molecule has 1 saturated carbocycles. The number of sulfonamides is 1. The number of aromatic nitrogens is 1. The van der Waals surface area contributed by atoms with Gasteiger partial charge in [0.1, 0.15) is 0 Å². The molecular weight excluding hydrogens is 288 g/mol. The molecule has 2 aliphatic rings. The van der Waals surface area contributed by atoms with E-state index in [1.54, 1.807) is 12.3 Å². The average Bonchev–Trinajstić information content (AvgIpc) is 3.20. The highest BCUT2D eigenvalue weighted by molar-refractivity contribution is 7.89. The van der Waals surface area contributed by atoms with Crippen molar-refractivity contribution in [1.82, 2.24) is 19.9 Å². The standard InChI is InChI=1S/C14H22N4O2S/c1-18-7-6-13(10-18)17-21(19,20)14-5-2-11(9-16-14)8-15-12-3-4-12/h2,5,9,12-13,15,17H,3-4,6-8,10H2,1H3. The molecule has 21 heavy (non-hydrogen) atoms. The first kappa shape index (κ1) is 14.9. The van der Waals surface area contributed by atoms with Crippen LogP contribution in [0.25, 0.3) is 0 Å². The molecule has 0 radical (unpaired) electrons. The minimum absolute atomic E-state index is 0.0157. The van der Waals surface area contributed by atoms with Crippen LogP contribution in [0, 0.1) is 0 Å². The van der Waals surface area contributed by atoms with Crippen LogP contribution in [0.5, 0.6) is 0 Å². The molecule has 0 spiro atoms. The van der Waals surface area contributed by atoms with Crippen molar-refractivity contribution >= 4 is 10.0 Å². The van der Waals surface area contributed by atoms with Gasteiger partial charge in [0, 0.05) is 31.4 Å². The number of rotatable bonds is 6. The summed E-state index contributed by atoms with van der Waals surface area (Å²) in [5.74, 6) is 0. The van der Waals surface area contributed by atoms with Crippen LogP contribution in [0.1, 0.15) is 24.8 Å². The maximum atomic E-state index is 12.3. The van der Waals surface area contributed by atoms with Gasteiger partial charge >= 0.3 is 0 Å². The van der Waals surface area contributed by atoms with Crippen molar-refractivity contribution in [3.63, 3.8) is 0 Å². The van der Waals surface area contributed by atoms with Crippen molar-refractivity contribution in [2.45, 2.75) is 42.9 Å². The molecule has 1 aliphatic heterocycles. The van der Waals surface area contributed by atoms with Crippen molar-refractivity contribution in [1.29, 1.82) is 0 Å². The van der Waals surface area contributed by atoms with Crippen molar-refractivity contribution in [2.75, 3.05) is 20.1 Å². The molecule has 3 rings (SSSR count). The molecule has 1 aliphatic carbocycles. The molecule has 1 saturated heterocycles. The summed E-state index contributed by atoms with van der Waals surface area (Å²) in [6, 6.07) is 4.04. The summed E-state index contributed by atoms with van der Waals surface area (Å²) >= 11 is 0. The van der Waals surface area contributed by atoms with E-state index in [1.165, 1.54) is 12.8 Å². The molecule has 1 atom stereocenters. The Morgan fingerprint density at radius 3 is 2.67 bits per heavy atom. The summed E-state index contributed by atoms with van der Waals surface area (Å²) in [6.45, 7) is 2.42.